The molecule has 0 aliphatic rings. The van der Waals surface area contributed by atoms with Crippen LogP contribution in [0.15, 0.2) is 24.4 Å². The van der Waals surface area contributed by atoms with Gasteiger partial charge in [0.1, 0.15) is 0 Å². The molecule has 0 spiro atoms. The molecule has 0 fully saturated rings. The Morgan fingerprint density at radius 1 is 1.35 bits per heavy atom. The largest absolute Gasteiger partial charge is 0.322 e. The molecule has 1 aromatic carbocycles. The first-order valence-electron chi connectivity index (χ1n) is 5.12. The molecule has 0 saturated carbocycles. The van der Waals surface area contributed by atoms with Gasteiger partial charge in [0.05, 0.1) is 11.7 Å². The van der Waals surface area contributed by atoms with Crippen LogP contribution >= 0.6 is 0 Å². The fourth-order valence-corrected chi connectivity index (χ4v) is 1.56. The lowest BCUT2D eigenvalue weighted by Crippen LogP contribution is -2.14. The Kier molecular flexibility index (Phi) is 3.14. The third kappa shape index (κ3) is 2.65. The van der Waals surface area contributed by atoms with Gasteiger partial charge in [-0.1, -0.05) is 11.3 Å². The third-order valence-corrected chi connectivity index (χ3v) is 2.44. The lowest BCUT2D eigenvalue weighted by molar-refractivity contribution is 0.506. The number of rotatable bonds is 3. The van der Waals surface area contributed by atoms with E-state index in [2.05, 4.69) is 10.3 Å². The summed E-state index contributed by atoms with van der Waals surface area (Å²) in [7, 11) is 1.74. The molecule has 0 bridgehead atoms. The van der Waals surface area contributed by atoms with Crippen molar-refractivity contribution in [2.24, 2.45) is 12.8 Å². The second kappa shape index (κ2) is 4.58. The second-order valence-corrected chi connectivity index (χ2v) is 3.88. The van der Waals surface area contributed by atoms with Gasteiger partial charge >= 0.3 is 0 Å². The van der Waals surface area contributed by atoms with E-state index in [1.165, 1.54) is 6.07 Å². The van der Waals surface area contributed by atoms with E-state index < -0.39 is 11.6 Å². The van der Waals surface area contributed by atoms with Gasteiger partial charge in [-0.15, -0.1) is 5.10 Å². The predicted molar refractivity (Wildman–Crippen MR) is 58.0 cm³/mol. The van der Waals surface area contributed by atoms with Crippen LogP contribution in [-0.2, 0) is 13.5 Å². The quantitative estimate of drug-likeness (QED) is 0.877. The van der Waals surface area contributed by atoms with Crippen LogP contribution < -0.4 is 5.73 Å². The molecule has 0 aliphatic carbocycles. The lowest BCUT2D eigenvalue weighted by Gasteiger charge is -2.08. The summed E-state index contributed by atoms with van der Waals surface area (Å²) in [6, 6.07) is 3.36. The number of aryl methyl sites for hydroxylation is 1. The minimum Gasteiger partial charge on any atom is -0.322 e. The maximum Gasteiger partial charge on any atom is 0.159 e. The standard InChI is InChI=1S/C11H12F2N4/c1-17-6-11(15-16-17)10(14)5-7-2-3-8(12)9(13)4-7/h2-4,6,10H,5,14H2,1H3. The van der Waals surface area contributed by atoms with E-state index in [-0.39, 0.29) is 6.04 Å². The molecule has 17 heavy (non-hydrogen) atoms. The predicted octanol–water partition coefficient (Wildman–Crippen LogP) is 1.34. The van der Waals surface area contributed by atoms with Crippen LogP contribution in [0.1, 0.15) is 17.3 Å². The van der Waals surface area contributed by atoms with Crippen molar-refractivity contribution in [1.29, 1.82) is 0 Å². The number of benzene rings is 1. The molecule has 2 aromatic rings. The Labute approximate surface area is 97.0 Å². The number of hydrogen-bond acceptors (Lipinski definition) is 3. The van der Waals surface area contributed by atoms with Gasteiger partial charge in [-0.25, -0.2) is 8.78 Å². The molecule has 0 aliphatic heterocycles. The summed E-state index contributed by atoms with van der Waals surface area (Å²) in [4.78, 5) is 0. The summed E-state index contributed by atoms with van der Waals surface area (Å²) < 4.78 is 27.3. The molecule has 90 valence electrons. The summed E-state index contributed by atoms with van der Waals surface area (Å²) >= 11 is 0. The van der Waals surface area contributed by atoms with Gasteiger partial charge in [0, 0.05) is 13.2 Å². The fourth-order valence-electron chi connectivity index (χ4n) is 1.56. The average molecular weight is 238 g/mol. The van der Waals surface area contributed by atoms with Gasteiger partial charge in [0.25, 0.3) is 0 Å². The minimum absolute atomic E-state index is 0.381. The summed E-state index contributed by atoms with van der Waals surface area (Å²) in [5.41, 5.74) is 7.15. The third-order valence-electron chi connectivity index (χ3n) is 2.44. The molecule has 0 radical (unpaired) electrons. The van der Waals surface area contributed by atoms with Crippen molar-refractivity contribution < 1.29 is 8.78 Å². The van der Waals surface area contributed by atoms with Crippen molar-refractivity contribution in [3.63, 3.8) is 0 Å². The first-order valence-corrected chi connectivity index (χ1v) is 5.12. The van der Waals surface area contributed by atoms with Crippen LogP contribution in [-0.4, -0.2) is 15.0 Å². The molecule has 6 heteroatoms. The van der Waals surface area contributed by atoms with Gasteiger partial charge in [-0.3, -0.25) is 4.68 Å². The SMILES string of the molecule is Cn1cc(C(N)Cc2ccc(F)c(F)c2)nn1. The van der Waals surface area contributed by atoms with Crippen molar-refractivity contribution in [3.05, 3.63) is 47.3 Å². The minimum atomic E-state index is -0.867. The van der Waals surface area contributed by atoms with Crippen LogP contribution in [0.4, 0.5) is 8.78 Å². The van der Waals surface area contributed by atoms with Crippen molar-refractivity contribution >= 4 is 0 Å². The van der Waals surface area contributed by atoms with Crippen LogP contribution in [0.25, 0.3) is 0 Å². The van der Waals surface area contributed by atoms with E-state index in [0.717, 1.165) is 12.1 Å². The molecule has 1 atom stereocenters. The molecule has 0 saturated heterocycles. The molecule has 2 N–H and O–H groups in total. The number of nitrogens with two attached hydrogens (primary N) is 1. The molecular weight excluding hydrogens is 226 g/mol. The average Bonchev–Trinajstić information content (AvgIpc) is 2.70. The maximum atomic E-state index is 13.0. The van der Waals surface area contributed by atoms with E-state index in [0.29, 0.717) is 17.7 Å². The monoisotopic (exact) mass is 238 g/mol. The molecule has 4 nitrogen and oxygen atoms in total. The van der Waals surface area contributed by atoms with E-state index in [9.17, 15) is 8.78 Å². The summed E-state index contributed by atoms with van der Waals surface area (Å²) in [5.74, 6) is -1.73. The zero-order valence-corrected chi connectivity index (χ0v) is 9.27. The van der Waals surface area contributed by atoms with Gasteiger partial charge in [0.15, 0.2) is 11.6 Å². The smallest absolute Gasteiger partial charge is 0.159 e. The summed E-state index contributed by atoms with van der Waals surface area (Å²) in [5, 5.41) is 7.64. The highest BCUT2D eigenvalue weighted by Gasteiger charge is 2.12. The van der Waals surface area contributed by atoms with Gasteiger partial charge in [-0.05, 0) is 24.1 Å². The molecule has 0 amide bonds. The molecule has 2 rings (SSSR count). The summed E-state index contributed by atoms with van der Waals surface area (Å²) in [6.45, 7) is 0. The number of aromatic nitrogens is 3. The normalized spacial score (nSPS) is 12.7. The molecule has 1 heterocycles. The molecular formula is C11H12F2N4. The highest BCUT2D eigenvalue weighted by atomic mass is 19.2. The first-order chi connectivity index (χ1) is 8.06. The number of halogens is 2. The topological polar surface area (TPSA) is 56.7 Å². The van der Waals surface area contributed by atoms with Gasteiger partial charge < -0.3 is 5.73 Å². The van der Waals surface area contributed by atoms with Crippen molar-refractivity contribution in [2.45, 2.75) is 12.5 Å². The zero-order chi connectivity index (χ0) is 12.4. The van der Waals surface area contributed by atoms with Crippen LogP contribution in [0.5, 0.6) is 0 Å². The molecule has 1 unspecified atom stereocenters. The number of hydrogen-bond donors (Lipinski definition) is 1. The van der Waals surface area contributed by atoms with E-state index in [1.807, 2.05) is 0 Å². The number of nitrogens with zero attached hydrogens (tertiary/aromatic N) is 3. The fraction of sp³-hybridized carbons (Fsp3) is 0.273. The van der Waals surface area contributed by atoms with Gasteiger partial charge in [-0.2, -0.15) is 0 Å². The van der Waals surface area contributed by atoms with Gasteiger partial charge in [0.2, 0.25) is 0 Å². The zero-order valence-electron chi connectivity index (χ0n) is 9.27. The highest BCUT2D eigenvalue weighted by Crippen LogP contribution is 2.15. The van der Waals surface area contributed by atoms with Crippen LogP contribution in [0.2, 0.25) is 0 Å². The van der Waals surface area contributed by atoms with Crippen molar-refractivity contribution in [1.82, 2.24) is 15.0 Å². The van der Waals surface area contributed by atoms with Crippen LogP contribution in [0, 0.1) is 11.6 Å². The Hall–Kier alpha value is -1.82. The Morgan fingerprint density at radius 2 is 2.12 bits per heavy atom. The van der Waals surface area contributed by atoms with E-state index >= 15 is 0 Å². The van der Waals surface area contributed by atoms with E-state index in [4.69, 9.17) is 5.73 Å². The summed E-state index contributed by atoms with van der Waals surface area (Å²) in [6.07, 6.45) is 2.08. The first kappa shape index (κ1) is 11.7. The molecule has 1 aromatic heterocycles. The Balaban J connectivity index is 2.12. The highest BCUT2D eigenvalue weighted by molar-refractivity contribution is 5.20. The lowest BCUT2D eigenvalue weighted by atomic mass is 10.0. The van der Waals surface area contributed by atoms with Crippen LogP contribution in [0.3, 0.4) is 0 Å². The van der Waals surface area contributed by atoms with Crippen molar-refractivity contribution in [3.8, 4) is 0 Å². The maximum absolute atomic E-state index is 13.0. The Morgan fingerprint density at radius 3 is 2.71 bits per heavy atom. The second-order valence-electron chi connectivity index (χ2n) is 3.88. The van der Waals surface area contributed by atoms with E-state index in [1.54, 1.807) is 17.9 Å². The Bertz CT molecular complexity index is 524. The van der Waals surface area contributed by atoms with Crippen molar-refractivity contribution in [2.75, 3.05) is 0 Å².